The van der Waals surface area contributed by atoms with Gasteiger partial charge in [-0.05, 0) is 43.2 Å². The van der Waals surface area contributed by atoms with E-state index in [9.17, 15) is 5.26 Å². The summed E-state index contributed by atoms with van der Waals surface area (Å²) in [5.41, 5.74) is 3.30. The van der Waals surface area contributed by atoms with Crippen LogP contribution >= 0.6 is 23.4 Å². The van der Waals surface area contributed by atoms with Crippen molar-refractivity contribution in [2.45, 2.75) is 23.8 Å². The minimum Gasteiger partial charge on any atom is -0.305 e. The highest BCUT2D eigenvalue weighted by atomic mass is 35.5. The van der Waals surface area contributed by atoms with Gasteiger partial charge in [-0.3, -0.25) is 0 Å². The first-order chi connectivity index (χ1) is 12.1. The molecule has 3 aromatic rings. The maximum Gasteiger partial charge on any atom is 0.192 e. The van der Waals surface area contributed by atoms with Gasteiger partial charge in [0.1, 0.15) is 5.25 Å². The molecule has 0 amide bonds. The van der Waals surface area contributed by atoms with Crippen LogP contribution in [-0.4, -0.2) is 20.0 Å². The molecule has 0 bridgehead atoms. The Hall–Kier alpha value is -2.29. The lowest BCUT2D eigenvalue weighted by atomic mass is 10.1. The third-order valence-corrected chi connectivity index (χ3v) is 5.25. The molecule has 0 unspecified atom stereocenters. The van der Waals surface area contributed by atoms with Gasteiger partial charge in [-0.1, -0.05) is 53.2 Å². The fourth-order valence-corrected chi connectivity index (χ4v) is 3.49. The van der Waals surface area contributed by atoms with Gasteiger partial charge in [0.15, 0.2) is 11.0 Å². The van der Waals surface area contributed by atoms with E-state index in [4.69, 9.17) is 11.6 Å². The first kappa shape index (κ1) is 17.5. The van der Waals surface area contributed by atoms with E-state index in [1.807, 2.05) is 35.9 Å². The Morgan fingerprint density at radius 3 is 2.44 bits per heavy atom. The van der Waals surface area contributed by atoms with E-state index in [1.165, 1.54) is 17.3 Å². The van der Waals surface area contributed by atoms with E-state index in [0.717, 1.165) is 22.1 Å². The maximum absolute atomic E-state index is 9.51. The number of halogens is 1. The molecule has 0 radical (unpaired) electrons. The van der Waals surface area contributed by atoms with E-state index in [-0.39, 0.29) is 5.25 Å². The highest BCUT2D eigenvalue weighted by Crippen LogP contribution is 2.27. The molecule has 3 rings (SSSR count). The number of aromatic nitrogens is 3. The minimum atomic E-state index is -0.219. The van der Waals surface area contributed by atoms with Gasteiger partial charge in [0.25, 0.3) is 0 Å². The SMILES string of the molecule is Cc1ccc(C[C@H](C#N)Sc2nnc(-c3ccc(Cl)cc3)n2C)cc1. The van der Waals surface area contributed by atoms with E-state index in [2.05, 4.69) is 47.5 Å². The average Bonchev–Trinajstić information content (AvgIpc) is 2.97. The minimum absolute atomic E-state index is 0.219. The van der Waals surface area contributed by atoms with Crippen molar-refractivity contribution in [3.8, 4) is 17.5 Å². The van der Waals surface area contributed by atoms with Gasteiger partial charge in [-0.15, -0.1) is 10.2 Å². The Balaban J connectivity index is 1.76. The fourth-order valence-electron chi connectivity index (χ4n) is 2.45. The molecular weight excluding hydrogens is 352 g/mol. The molecule has 25 heavy (non-hydrogen) atoms. The van der Waals surface area contributed by atoms with Gasteiger partial charge in [0.05, 0.1) is 6.07 Å². The molecule has 0 fully saturated rings. The number of hydrogen-bond acceptors (Lipinski definition) is 4. The lowest BCUT2D eigenvalue weighted by Gasteiger charge is -2.09. The maximum atomic E-state index is 9.51. The summed E-state index contributed by atoms with van der Waals surface area (Å²) < 4.78 is 1.91. The van der Waals surface area contributed by atoms with Crippen LogP contribution in [0, 0.1) is 18.3 Å². The van der Waals surface area contributed by atoms with E-state index >= 15 is 0 Å². The van der Waals surface area contributed by atoms with Crippen molar-refractivity contribution >= 4 is 23.4 Å². The van der Waals surface area contributed by atoms with Crippen molar-refractivity contribution in [1.82, 2.24) is 14.8 Å². The summed E-state index contributed by atoms with van der Waals surface area (Å²) >= 11 is 7.37. The van der Waals surface area contributed by atoms with Crippen LogP contribution in [0.4, 0.5) is 0 Å². The van der Waals surface area contributed by atoms with Crippen molar-refractivity contribution in [2.75, 3.05) is 0 Å². The number of nitriles is 1. The Morgan fingerprint density at radius 2 is 1.80 bits per heavy atom. The third kappa shape index (κ3) is 4.22. The van der Waals surface area contributed by atoms with Crippen LogP contribution in [-0.2, 0) is 13.5 Å². The summed E-state index contributed by atoms with van der Waals surface area (Å²) in [7, 11) is 1.91. The van der Waals surface area contributed by atoms with E-state index in [1.54, 1.807) is 0 Å². The highest BCUT2D eigenvalue weighted by molar-refractivity contribution is 8.00. The van der Waals surface area contributed by atoms with E-state index < -0.39 is 0 Å². The van der Waals surface area contributed by atoms with Gasteiger partial charge in [0.2, 0.25) is 0 Å². The average molecular weight is 369 g/mol. The highest BCUT2D eigenvalue weighted by Gasteiger charge is 2.17. The summed E-state index contributed by atoms with van der Waals surface area (Å²) in [6.45, 7) is 2.05. The molecule has 1 heterocycles. The van der Waals surface area contributed by atoms with Crippen LogP contribution < -0.4 is 0 Å². The molecule has 0 N–H and O–H groups in total. The van der Waals surface area contributed by atoms with Crippen LogP contribution in [0.5, 0.6) is 0 Å². The monoisotopic (exact) mass is 368 g/mol. The quantitative estimate of drug-likeness (QED) is 0.614. The van der Waals surface area contributed by atoms with E-state index in [0.29, 0.717) is 11.4 Å². The lowest BCUT2D eigenvalue weighted by Crippen LogP contribution is -2.06. The van der Waals surface area contributed by atoms with Crippen molar-refractivity contribution < 1.29 is 0 Å². The summed E-state index contributed by atoms with van der Waals surface area (Å²) in [6, 6.07) is 18.1. The number of nitrogens with zero attached hydrogens (tertiary/aromatic N) is 4. The Labute approximate surface area is 156 Å². The fraction of sp³-hybridized carbons (Fsp3) is 0.211. The smallest absolute Gasteiger partial charge is 0.192 e. The second-order valence-electron chi connectivity index (χ2n) is 5.80. The van der Waals surface area contributed by atoms with Gasteiger partial charge in [0, 0.05) is 17.6 Å². The standard InChI is InChI=1S/C19H17ClN4S/c1-13-3-5-14(6-4-13)11-17(12-21)25-19-23-22-18(24(19)2)15-7-9-16(20)10-8-15/h3-10,17H,11H2,1-2H3/t17-/m1/s1. The molecule has 0 spiro atoms. The zero-order valence-electron chi connectivity index (χ0n) is 14.0. The topological polar surface area (TPSA) is 54.5 Å². The molecule has 0 aliphatic rings. The zero-order chi connectivity index (χ0) is 17.8. The molecule has 1 atom stereocenters. The van der Waals surface area contributed by atoms with Gasteiger partial charge < -0.3 is 4.57 Å². The second kappa shape index (κ2) is 7.73. The van der Waals surface area contributed by atoms with Crippen molar-refractivity contribution in [3.05, 3.63) is 64.7 Å². The van der Waals surface area contributed by atoms with Crippen molar-refractivity contribution in [2.24, 2.45) is 7.05 Å². The third-order valence-electron chi connectivity index (χ3n) is 3.87. The Kier molecular flexibility index (Phi) is 5.42. The van der Waals surface area contributed by atoms with Gasteiger partial charge >= 0.3 is 0 Å². The molecule has 0 aliphatic heterocycles. The largest absolute Gasteiger partial charge is 0.305 e. The van der Waals surface area contributed by atoms with Crippen LogP contribution in [0.25, 0.3) is 11.4 Å². The Morgan fingerprint density at radius 1 is 1.12 bits per heavy atom. The lowest BCUT2D eigenvalue weighted by molar-refractivity contribution is 0.790. The Bertz CT molecular complexity index is 895. The molecular formula is C19H17ClN4S. The molecule has 126 valence electrons. The summed E-state index contributed by atoms with van der Waals surface area (Å²) in [6.07, 6.45) is 0.671. The number of hydrogen-bond donors (Lipinski definition) is 0. The summed E-state index contributed by atoms with van der Waals surface area (Å²) in [5, 5.41) is 19.2. The second-order valence-corrected chi connectivity index (χ2v) is 7.40. The summed E-state index contributed by atoms with van der Waals surface area (Å²) in [4.78, 5) is 0. The normalized spacial score (nSPS) is 11.9. The number of benzene rings is 2. The van der Waals surface area contributed by atoms with Crippen LogP contribution in [0.2, 0.25) is 5.02 Å². The molecule has 0 saturated heterocycles. The molecule has 4 nitrogen and oxygen atoms in total. The van der Waals surface area contributed by atoms with Crippen LogP contribution in [0.15, 0.2) is 53.7 Å². The molecule has 6 heteroatoms. The number of rotatable bonds is 5. The van der Waals surface area contributed by atoms with Gasteiger partial charge in [-0.2, -0.15) is 5.26 Å². The predicted molar refractivity (Wildman–Crippen MR) is 102 cm³/mol. The number of thioether (sulfide) groups is 1. The molecule has 1 aromatic heterocycles. The molecule has 2 aromatic carbocycles. The van der Waals surface area contributed by atoms with Crippen LogP contribution in [0.1, 0.15) is 11.1 Å². The molecule has 0 saturated carbocycles. The van der Waals surface area contributed by atoms with Crippen molar-refractivity contribution in [3.63, 3.8) is 0 Å². The first-order valence-electron chi connectivity index (χ1n) is 7.84. The van der Waals surface area contributed by atoms with Crippen LogP contribution in [0.3, 0.4) is 0 Å². The predicted octanol–water partition coefficient (Wildman–Crippen LogP) is 4.67. The zero-order valence-corrected chi connectivity index (χ0v) is 15.6. The number of aryl methyl sites for hydroxylation is 1. The van der Waals surface area contributed by atoms with Gasteiger partial charge in [-0.25, -0.2) is 0 Å². The van der Waals surface area contributed by atoms with Crippen molar-refractivity contribution in [1.29, 1.82) is 5.26 Å². The molecule has 0 aliphatic carbocycles. The summed E-state index contributed by atoms with van der Waals surface area (Å²) in [5.74, 6) is 0.756. The first-order valence-corrected chi connectivity index (χ1v) is 9.09.